The van der Waals surface area contributed by atoms with E-state index in [0.29, 0.717) is 22.6 Å². The summed E-state index contributed by atoms with van der Waals surface area (Å²) in [5, 5.41) is 25.9. The zero-order valence-corrected chi connectivity index (χ0v) is 46.1. The summed E-state index contributed by atoms with van der Waals surface area (Å²) >= 11 is 0. The number of hydrogen-bond acceptors (Lipinski definition) is 12. The van der Waals surface area contributed by atoms with Crippen molar-refractivity contribution in [1.29, 1.82) is 0 Å². The molecule has 22 nitrogen and oxygen atoms in total. The fraction of sp³-hybridized carbons (Fsp3) is 0.421. The standard InChI is InChI=1S/C57H71F2N11O11/c1-34(2)12-15-42(65-53(78)35(3)64-47(73)26-36-18-21-61-22-19-36)55(80)67-44(29-46(60)72)56(81)66-43(54(79)63-24-23-62-48(74)32-70-49(75)16-17-50(70)76)20-25-69(51(77)33-71)52(57(4,5)6)45-27-38(40-28-39(58)13-14-41(40)59)31-68(45)30-37-10-8-7-9-11-37/h7-11,13-14,16-19,21-22,27-28,31,34-35,42-44,52,71H,12,15,20,23-26,29-30,32-33H2,1-6H3,(H2,60,72)(H,62,74)(H,63,79)(H,64,73)(H,65,78)(H,66,81)(H,67,80)/t35-,42+,43-,44-,52-/m0/s1. The molecule has 434 valence electrons. The van der Waals surface area contributed by atoms with E-state index in [1.807, 2.05) is 44.2 Å². The summed E-state index contributed by atoms with van der Waals surface area (Å²) in [5.74, 6) is -9.49. The Morgan fingerprint density at radius 1 is 0.716 bits per heavy atom. The van der Waals surface area contributed by atoms with Gasteiger partial charge in [-0.3, -0.25) is 57.8 Å². The first-order chi connectivity index (χ1) is 38.3. The number of carbonyl (C=O) groups excluding carboxylic acids is 10. The maximum Gasteiger partial charge on any atom is 0.254 e. The number of halogens is 2. The molecule has 0 aliphatic carbocycles. The van der Waals surface area contributed by atoms with E-state index in [9.17, 15) is 57.4 Å². The van der Waals surface area contributed by atoms with Crippen molar-refractivity contribution in [2.24, 2.45) is 17.1 Å². The fourth-order valence-electron chi connectivity index (χ4n) is 9.00. The van der Waals surface area contributed by atoms with Gasteiger partial charge >= 0.3 is 0 Å². The third-order valence-electron chi connectivity index (χ3n) is 13.1. The van der Waals surface area contributed by atoms with Crippen LogP contribution in [0.5, 0.6) is 0 Å². The number of amides is 10. The monoisotopic (exact) mass is 1120 g/mol. The fourth-order valence-corrected chi connectivity index (χ4v) is 9.00. The zero-order chi connectivity index (χ0) is 59.6. The highest BCUT2D eigenvalue weighted by molar-refractivity contribution is 6.14. The third-order valence-corrected chi connectivity index (χ3v) is 13.1. The van der Waals surface area contributed by atoms with E-state index in [1.165, 1.54) is 24.2 Å². The van der Waals surface area contributed by atoms with Gasteiger partial charge in [0.2, 0.25) is 47.3 Å². The third kappa shape index (κ3) is 19.0. The van der Waals surface area contributed by atoms with E-state index in [4.69, 9.17) is 5.73 Å². The minimum atomic E-state index is -1.76. The number of imide groups is 1. The Balaban J connectivity index is 1.45. The van der Waals surface area contributed by atoms with E-state index in [-0.39, 0.29) is 56.1 Å². The Labute approximate surface area is 468 Å². The molecule has 81 heavy (non-hydrogen) atoms. The normalized spacial score (nSPS) is 14.1. The van der Waals surface area contributed by atoms with E-state index < -0.39 is 132 Å². The van der Waals surface area contributed by atoms with Gasteiger partial charge in [0.1, 0.15) is 49.0 Å². The molecule has 0 bridgehead atoms. The number of aromatic nitrogens is 2. The van der Waals surface area contributed by atoms with Gasteiger partial charge < -0.3 is 52.2 Å². The predicted molar refractivity (Wildman–Crippen MR) is 292 cm³/mol. The Kier molecular flexibility index (Phi) is 23.0. The summed E-state index contributed by atoms with van der Waals surface area (Å²) in [5.41, 5.74) is 6.77. The van der Waals surface area contributed by atoms with E-state index in [2.05, 4.69) is 36.9 Å². The lowest BCUT2D eigenvalue weighted by Crippen LogP contribution is -2.59. The SMILES string of the molecule is CC(C)CC[C@@H](NC(=O)[C@H](C)NC(=O)Cc1ccncc1)C(=O)N[C@@H](CC(N)=O)C(=O)N[C@@H](CCN(C(=O)CO)[C@@H](c1cc(-c2cc(F)ccc2F)cn1Cc1ccccc1)C(C)(C)C)C(=O)NCCNC(=O)CN1C(=O)C=CC1=O. The molecule has 0 unspecified atom stereocenters. The van der Waals surface area contributed by atoms with Gasteiger partial charge in [0.25, 0.3) is 11.8 Å². The molecule has 1 aliphatic rings. The molecular weight excluding hydrogens is 1050 g/mol. The molecule has 3 heterocycles. The van der Waals surface area contributed by atoms with E-state index in [1.54, 1.807) is 49.7 Å². The number of carbonyl (C=O) groups is 10. The van der Waals surface area contributed by atoms with Gasteiger partial charge in [-0.15, -0.1) is 0 Å². The lowest BCUT2D eigenvalue weighted by Gasteiger charge is -2.41. The summed E-state index contributed by atoms with van der Waals surface area (Å²) in [4.78, 5) is 139. The first kappa shape index (κ1) is 63.2. The molecule has 0 radical (unpaired) electrons. The number of benzene rings is 2. The Morgan fingerprint density at radius 3 is 1.96 bits per heavy atom. The Hall–Kier alpha value is -8.67. The number of rotatable bonds is 29. The molecule has 0 saturated heterocycles. The summed E-state index contributed by atoms with van der Waals surface area (Å²) in [7, 11) is 0. The lowest BCUT2D eigenvalue weighted by molar-refractivity contribution is -0.141. The molecule has 2 aromatic carbocycles. The second-order valence-corrected chi connectivity index (χ2v) is 21.1. The number of nitrogens with zero attached hydrogens (tertiary/aromatic N) is 4. The number of primary amides is 1. The van der Waals surface area contributed by atoms with Crippen LogP contribution in [0.15, 0.2) is 97.5 Å². The average Bonchev–Trinajstić information content (AvgIpc) is 4.15. The van der Waals surface area contributed by atoms with Gasteiger partial charge in [0.15, 0.2) is 0 Å². The maximum atomic E-state index is 15.4. The number of nitrogens with one attached hydrogen (secondary N) is 6. The van der Waals surface area contributed by atoms with Gasteiger partial charge in [0.05, 0.1) is 18.9 Å². The van der Waals surface area contributed by atoms with Crippen LogP contribution < -0.4 is 37.6 Å². The number of aliphatic hydroxyl groups is 1. The minimum absolute atomic E-state index is 0.0320. The summed E-state index contributed by atoms with van der Waals surface area (Å²) < 4.78 is 31.9. The van der Waals surface area contributed by atoms with Crippen molar-refractivity contribution < 1.29 is 61.8 Å². The van der Waals surface area contributed by atoms with Crippen LogP contribution in [-0.4, -0.2) is 140 Å². The number of aliphatic hydroxyl groups excluding tert-OH is 1. The van der Waals surface area contributed by atoms with Gasteiger partial charge in [-0.1, -0.05) is 65.0 Å². The van der Waals surface area contributed by atoms with Crippen molar-refractivity contribution in [2.75, 3.05) is 32.8 Å². The van der Waals surface area contributed by atoms with Crippen LogP contribution in [0.1, 0.15) is 90.1 Å². The molecule has 9 N–H and O–H groups in total. The van der Waals surface area contributed by atoms with Crippen LogP contribution in [-0.2, 0) is 60.9 Å². The van der Waals surface area contributed by atoms with Crippen LogP contribution in [0.3, 0.4) is 0 Å². The van der Waals surface area contributed by atoms with Gasteiger partial charge in [-0.05, 0) is 85.0 Å². The molecule has 2 aromatic heterocycles. The van der Waals surface area contributed by atoms with Crippen LogP contribution >= 0.6 is 0 Å². The summed E-state index contributed by atoms with van der Waals surface area (Å²) in [6, 6.07) is 10.3. The number of hydrogen-bond donors (Lipinski definition) is 8. The summed E-state index contributed by atoms with van der Waals surface area (Å²) in [6.45, 7) is 8.25. The van der Waals surface area contributed by atoms with Crippen LogP contribution in [0.4, 0.5) is 8.78 Å². The quantitative estimate of drug-likeness (QED) is 0.0286. The number of nitrogens with two attached hydrogens (primary N) is 1. The van der Waals surface area contributed by atoms with E-state index >= 15 is 4.39 Å². The zero-order valence-electron chi connectivity index (χ0n) is 46.1. The van der Waals surface area contributed by atoms with Crippen molar-refractivity contribution in [3.05, 3.63) is 126 Å². The van der Waals surface area contributed by atoms with Gasteiger partial charge in [-0.2, -0.15) is 0 Å². The first-order valence-corrected chi connectivity index (χ1v) is 26.4. The molecule has 1 aliphatic heterocycles. The lowest BCUT2D eigenvalue weighted by atomic mass is 9.82. The Bertz CT molecular complexity index is 2930. The van der Waals surface area contributed by atoms with Crippen LogP contribution in [0.2, 0.25) is 0 Å². The van der Waals surface area contributed by atoms with Gasteiger partial charge in [0, 0.05) is 73.7 Å². The molecular formula is C57H71F2N11O11. The van der Waals surface area contributed by atoms with Crippen molar-refractivity contribution in [1.82, 2.24) is 51.3 Å². The smallest absolute Gasteiger partial charge is 0.254 e. The van der Waals surface area contributed by atoms with Crippen molar-refractivity contribution in [3.63, 3.8) is 0 Å². The molecule has 24 heteroatoms. The van der Waals surface area contributed by atoms with E-state index in [0.717, 1.165) is 35.9 Å². The molecule has 0 spiro atoms. The Morgan fingerprint density at radius 2 is 1.33 bits per heavy atom. The average molecular weight is 1120 g/mol. The molecule has 4 aromatic rings. The topological polar surface area (TPSA) is 313 Å². The summed E-state index contributed by atoms with van der Waals surface area (Å²) in [6.07, 6.45) is 5.86. The highest BCUT2D eigenvalue weighted by Gasteiger charge is 2.39. The largest absolute Gasteiger partial charge is 0.387 e. The predicted octanol–water partition coefficient (Wildman–Crippen LogP) is 1.85. The molecule has 5 atom stereocenters. The molecule has 5 rings (SSSR count). The van der Waals surface area contributed by atoms with Crippen LogP contribution in [0.25, 0.3) is 11.1 Å². The van der Waals surface area contributed by atoms with Crippen molar-refractivity contribution in [2.45, 2.75) is 110 Å². The second-order valence-electron chi connectivity index (χ2n) is 21.1. The van der Waals surface area contributed by atoms with Crippen molar-refractivity contribution >= 4 is 59.1 Å². The van der Waals surface area contributed by atoms with Crippen molar-refractivity contribution in [3.8, 4) is 11.1 Å². The maximum absolute atomic E-state index is 15.4. The second kappa shape index (κ2) is 29.5. The highest BCUT2D eigenvalue weighted by Crippen LogP contribution is 2.41. The molecule has 0 fully saturated rings. The minimum Gasteiger partial charge on any atom is -0.387 e. The van der Waals surface area contributed by atoms with Gasteiger partial charge in [-0.25, -0.2) is 8.78 Å². The molecule has 10 amide bonds. The first-order valence-electron chi connectivity index (χ1n) is 26.4. The number of pyridine rings is 1. The van der Waals surface area contributed by atoms with Crippen LogP contribution in [0, 0.1) is 23.0 Å². The molecule has 0 saturated carbocycles. The highest BCUT2D eigenvalue weighted by atomic mass is 19.1.